The van der Waals surface area contributed by atoms with Gasteiger partial charge in [-0.1, -0.05) is 13.8 Å². The van der Waals surface area contributed by atoms with Gasteiger partial charge in [-0.2, -0.15) is 5.10 Å². The van der Waals surface area contributed by atoms with Crippen molar-refractivity contribution >= 4 is 11.6 Å². The van der Waals surface area contributed by atoms with Crippen molar-refractivity contribution in [2.75, 3.05) is 11.4 Å². The molecule has 1 aliphatic heterocycles. The van der Waals surface area contributed by atoms with Gasteiger partial charge in [0.25, 0.3) is 0 Å². The summed E-state index contributed by atoms with van der Waals surface area (Å²) >= 11 is 0. The first-order valence-corrected chi connectivity index (χ1v) is 6.60. The molecule has 1 unspecified atom stereocenters. The molecule has 0 spiro atoms. The molecule has 1 aromatic heterocycles. The Balaban J connectivity index is 2.08. The molecule has 1 atom stereocenters. The smallest absolute Gasteiger partial charge is 0.244 e. The molecule has 5 nitrogen and oxygen atoms in total. The maximum Gasteiger partial charge on any atom is 0.244 e. The Morgan fingerprint density at radius 1 is 1.39 bits per heavy atom. The number of anilines is 1. The molecule has 1 saturated heterocycles. The predicted octanol–water partition coefficient (Wildman–Crippen LogP) is 1.57. The van der Waals surface area contributed by atoms with Crippen LogP contribution in [0.4, 0.5) is 5.69 Å². The summed E-state index contributed by atoms with van der Waals surface area (Å²) in [6, 6.07) is 0.603. The van der Waals surface area contributed by atoms with Crippen LogP contribution in [-0.2, 0) is 4.79 Å². The lowest BCUT2D eigenvalue weighted by molar-refractivity contribution is -0.118. The van der Waals surface area contributed by atoms with Gasteiger partial charge in [0.15, 0.2) is 0 Å². The molecule has 2 heterocycles. The first kappa shape index (κ1) is 13.1. The molecule has 1 amide bonds. The van der Waals surface area contributed by atoms with Crippen LogP contribution < -0.4 is 10.2 Å². The third kappa shape index (κ3) is 2.56. The van der Waals surface area contributed by atoms with E-state index in [0.29, 0.717) is 12.1 Å². The van der Waals surface area contributed by atoms with E-state index in [1.165, 1.54) is 0 Å². The zero-order chi connectivity index (χ0) is 13.3. The third-order valence-electron chi connectivity index (χ3n) is 3.17. The Hall–Kier alpha value is -1.36. The van der Waals surface area contributed by atoms with Crippen molar-refractivity contribution in [1.82, 2.24) is 15.1 Å². The normalized spacial score (nSPS) is 20.4. The highest BCUT2D eigenvalue weighted by Crippen LogP contribution is 2.22. The monoisotopic (exact) mass is 250 g/mol. The maximum atomic E-state index is 12.2. The minimum absolute atomic E-state index is 0.0487. The van der Waals surface area contributed by atoms with Gasteiger partial charge in [-0.3, -0.25) is 9.48 Å². The fourth-order valence-corrected chi connectivity index (χ4v) is 2.24. The van der Waals surface area contributed by atoms with E-state index >= 15 is 0 Å². The van der Waals surface area contributed by atoms with Crippen molar-refractivity contribution in [1.29, 1.82) is 0 Å². The lowest BCUT2D eigenvalue weighted by atomic mass is 10.2. The molecule has 0 saturated carbocycles. The zero-order valence-corrected chi connectivity index (χ0v) is 11.6. The molecular formula is C13H22N4O. The predicted molar refractivity (Wildman–Crippen MR) is 71.6 cm³/mol. The average molecular weight is 250 g/mol. The van der Waals surface area contributed by atoms with Crippen LogP contribution in [0.1, 0.15) is 40.2 Å². The number of carbonyl (C=O) groups is 1. The van der Waals surface area contributed by atoms with Gasteiger partial charge in [0.1, 0.15) is 0 Å². The van der Waals surface area contributed by atoms with E-state index < -0.39 is 0 Å². The van der Waals surface area contributed by atoms with Crippen molar-refractivity contribution in [3.05, 3.63) is 12.4 Å². The molecule has 5 heteroatoms. The van der Waals surface area contributed by atoms with E-state index in [2.05, 4.69) is 38.1 Å². The SMILES string of the molecule is CC(C)NC1CCN(c2cnn(C(C)C)c2)C1=O. The Labute approximate surface area is 108 Å². The standard InChI is InChI=1S/C13H22N4O/c1-9(2)15-12-5-6-16(13(12)18)11-7-14-17(8-11)10(3)4/h7-10,12,15H,5-6H2,1-4H3. The molecule has 2 rings (SSSR count). The molecule has 0 bridgehead atoms. The van der Waals surface area contributed by atoms with Crippen molar-refractivity contribution in [3.8, 4) is 0 Å². The largest absolute Gasteiger partial charge is 0.308 e. The number of rotatable bonds is 4. The minimum atomic E-state index is -0.0487. The van der Waals surface area contributed by atoms with Gasteiger partial charge in [-0.25, -0.2) is 0 Å². The summed E-state index contributed by atoms with van der Waals surface area (Å²) < 4.78 is 1.88. The highest BCUT2D eigenvalue weighted by molar-refractivity contribution is 5.99. The number of nitrogens with zero attached hydrogens (tertiary/aromatic N) is 3. The quantitative estimate of drug-likeness (QED) is 0.882. The summed E-state index contributed by atoms with van der Waals surface area (Å²) in [7, 11) is 0. The summed E-state index contributed by atoms with van der Waals surface area (Å²) in [4.78, 5) is 14.1. The summed E-state index contributed by atoms with van der Waals surface area (Å²) in [5, 5.41) is 7.59. The van der Waals surface area contributed by atoms with Gasteiger partial charge in [0.2, 0.25) is 5.91 Å². The van der Waals surface area contributed by atoms with Crippen molar-refractivity contribution in [2.45, 2.75) is 52.2 Å². The van der Waals surface area contributed by atoms with Crippen LogP contribution in [0.2, 0.25) is 0 Å². The fraction of sp³-hybridized carbons (Fsp3) is 0.692. The van der Waals surface area contributed by atoms with E-state index in [-0.39, 0.29) is 11.9 Å². The van der Waals surface area contributed by atoms with Crippen molar-refractivity contribution in [3.63, 3.8) is 0 Å². The Morgan fingerprint density at radius 3 is 2.67 bits per heavy atom. The lowest BCUT2D eigenvalue weighted by Crippen LogP contribution is -2.41. The molecule has 0 aromatic carbocycles. The number of nitrogens with one attached hydrogen (secondary N) is 1. The Morgan fingerprint density at radius 2 is 2.11 bits per heavy atom. The number of hydrogen-bond acceptors (Lipinski definition) is 3. The molecule has 100 valence electrons. The number of hydrogen-bond donors (Lipinski definition) is 1. The van der Waals surface area contributed by atoms with Gasteiger partial charge >= 0.3 is 0 Å². The van der Waals surface area contributed by atoms with E-state index in [9.17, 15) is 4.79 Å². The van der Waals surface area contributed by atoms with Gasteiger partial charge in [-0.15, -0.1) is 0 Å². The highest BCUT2D eigenvalue weighted by Gasteiger charge is 2.33. The molecule has 1 fully saturated rings. The van der Waals surface area contributed by atoms with E-state index in [1.54, 1.807) is 6.20 Å². The maximum absolute atomic E-state index is 12.2. The summed E-state index contributed by atoms with van der Waals surface area (Å²) in [6.07, 6.45) is 4.58. The van der Waals surface area contributed by atoms with Crippen LogP contribution >= 0.6 is 0 Å². The summed E-state index contributed by atoms with van der Waals surface area (Å²) in [5.74, 6) is 0.159. The second-order valence-corrected chi connectivity index (χ2v) is 5.42. The number of amides is 1. The Kier molecular flexibility index (Phi) is 3.71. The molecule has 0 radical (unpaired) electrons. The second kappa shape index (κ2) is 5.10. The van der Waals surface area contributed by atoms with Crippen LogP contribution in [0, 0.1) is 0 Å². The fourth-order valence-electron chi connectivity index (χ4n) is 2.24. The number of carbonyl (C=O) groups excluding carboxylic acids is 1. The zero-order valence-electron chi connectivity index (χ0n) is 11.6. The molecule has 18 heavy (non-hydrogen) atoms. The van der Waals surface area contributed by atoms with Crippen LogP contribution in [-0.4, -0.2) is 34.3 Å². The molecule has 1 aromatic rings. The first-order chi connectivity index (χ1) is 8.49. The van der Waals surface area contributed by atoms with Gasteiger partial charge in [0, 0.05) is 24.8 Å². The third-order valence-corrected chi connectivity index (χ3v) is 3.17. The van der Waals surface area contributed by atoms with Crippen LogP contribution in [0.3, 0.4) is 0 Å². The molecule has 1 N–H and O–H groups in total. The van der Waals surface area contributed by atoms with Gasteiger partial charge in [-0.05, 0) is 20.3 Å². The molecule has 0 aliphatic carbocycles. The van der Waals surface area contributed by atoms with Gasteiger partial charge in [0.05, 0.1) is 17.9 Å². The highest BCUT2D eigenvalue weighted by atomic mass is 16.2. The van der Waals surface area contributed by atoms with Gasteiger partial charge < -0.3 is 10.2 Å². The van der Waals surface area contributed by atoms with Crippen LogP contribution in [0.15, 0.2) is 12.4 Å². The van der Waals surface area contributed by atoms with Crippen LogP contribution in [0.25, 0.3) is 0 Å². The van der Waals surface area contributed by atoms with Crippen molar-refractivity contribution in [2.24, 2.45) is 0 Å². The summed E-state index contributed by atoms with van der Waals surface area (Å²) in [5.41, 5.74) is 0.904. The van der Waals surface area contributed by atoms with E-state index in [1.807, 2.05) is 15.8 Å². The van der Waals surface area contributed by atoms with E-state index in [4.69, 9.17) is 0 Å². The molecular weight excluding hydrogens is 228 g/mol. The Bertz CT molecular complexity index is 424. The van der Waals surface area contributed by atoms with E-state index in [0.717, 1.165) is 18.7 Å². The lowest BCUT2D eigenvalue weighted by Gasteiger charge is -2.16. The second-order valence-electron chi connectivity index (χ2n) is 5.42. The topological polar surface area (TPSA) is 50.2 Å². The summed E-state index contributed by atoms with van der Waals surface area (Å²) in [6.45, 7) is 9.05. The van der Waals surface area contributed by atoms with Crippen LogP contribution in [0.5, 0.6) is 0 Å². The average Bonchev–Trinajstić information content (AvgIpc) is 2.86. The molecule has 1 aliphatic rings. The minimum Gasteiger partial charge on any atom is -0.308 e. The van der Waals surface area contributed by atoms with Crippen molar-refractivity contribution < 1.29 is 4.79 Å². The first-order valence-electron chi connectivity index (χ1n) is 6.60. The number of aromatic nitrogens is 2.